The van der Waals surface area contributed by atoms with E-state index in [1.165, 1.54) is 7.11 Å². The predicted molar refractivity (Wildman–Crippen MR) is 105 cm³/mol. The molecule has 25 heavy (non-hydrogen) atoms. The van der Waals surface area contributed by atoms with Gasteiger partial charge < -0.3 is 9.64 Å². The number of halogens is 2. The highest BCUT2D eigenvalue weighted by Gasteiger charge is 2.36. The summed E-state index contributed by atoms with van der Waals surface area (Å²) in [7, 11) is 1.44. The molecule has 142 valence electrons. The number of carbonyl (C=O) groups is 1. The molecule has 0 amide bonds. The third-order valence-electron chi connectivity index (χ3n) is 4.72. The first kappa shape index (κ1) is 22.2. The van der Waals surface area contributed by atoms with E-state index in [1.807, 2.05) is 12.1 Å². The number of ether oxygens (including phenoxy) is 1. The van der Waals surface area contributed by atoms with Crippen molar-refractivity contribution in [2.75, 3.05) is 39.8 Å². The third kappa shape index (κ3) is 5.85. The van der Waals surface area contributed by atoms with Crippen LogP contribution in [0.3, 0.4) is 0 Å². The molecule has 0 saturated carbocycles. The Kier molecular flexibility index (Phi) is 9.80. The highest BCUT2D eigenvalue weighted by atomic mass is 35.5. The summed E-state index contributed by atoms with van der Waals surface area (Å²) in [6.07, 6.45) is 0. The smallest absolute Gasteiger partial charge is 0.311 e. The van der Waals surface area contributed by atoms with Crippen LogP contribution in [0.1, 0.15) is 39.3 Å². The molecule has 6 heteroatoms. The second-order valence-electron chi connectivity index (χ2n) is 5.95. The van der Waals surface area contributed by atoms with Gasteiger partial charge in [-0.15, -0.1) is 0 Å². The average Bonchev–Trinajstić information content (AvgIpc) is 2.61. The maximum Gasteiger partial charge on any atom is 0.311 e. The van der Waals surface area contributed by atoms with Gasteiger partial charge in [-0.1, -0.05) is 57.0 Å². The number of hydrogen-bond acceptors (Lipinski definition) is 4. The lowest BCUT2D eigenvalue weighted by Crippen LogP contribution is -2.43. The van der Waals surface area contributed by atoms with E-state index in [9.17, 15) is 4.79 Å². The lowest BCUT2D eigenvalue weighted by molar-refractivity contribution is -0.149. The standard InChI is InChI=1S/C19H30Cl2N2O2/c1-6-22(7-2)13-16(19(24)25-5)18(23(8-3)9-4)15-11-10-14(20)12-17(15)21/h10-12,16,18H,6-9,13H2,1-5H3/t16-,18+/m0/s1. The fraction of sp³-hybridized carbons (Fsp3) is 0.632. The molecule has 0 aliphatic heterocycles. The number of rotatable bonds is 10. The van der Waals surface area contributed by atoms with Crippen molar-refractivity contribution in [3.63, 3.8) is 0 Å². The second kappa shape index (κ2) is 11.0. The summed E-state index contributed by atoms with van der Waals surface area (Å²) >= 11 is 12.6. The zero-order valence-corrected chi connectivity index (χ0v) is 17.4. The van der Waals surface area contributed by atoms with Gasteiger partial charge in [-0.25, -0.2) is 0 Å². The topological polar surface area (TPSA) is 32.8 Å². The van der Waals surface area contributed by atoms with Crippen molar-refractivity contribution >= 4 is 29.2 Å². The summed E-state index contributed by atoms with van der Waals surface area (Å²) in [5.41, 5.74) is 0.914. The summed E-state index contributed by atoms with van der Waals surface area (Å²) in [5, 5.41) is 1.17. The van der Waals surface area contributed by atoms with Crippen molar-refractivity contribution in [2.45, 2.75) is 33.7 Å². The minimum Gasteiger partial charge on any atom is -0.469 e. The summed E-state index contributed by atoms with van der Waals surface area (Å²) in [6, 6.07) is 5.32. The zero-order chi connectivity index (χ0) is 19.0. The first-order valence-electron chi connectivity index (χ1n) is 8.92. The van der Waals surface area contributed by atoms with E-state index in [1.54, 1.807) is 6.07 Å². The molecular weight excluding hydrogens is 359 g/mol. The Morgan fingerprint density at radius 2 is 1.68 bits per heavy atom. The summed E-state index contributed by atoms with van der Waals surface area (Å²) < 4.78 is 5.15. The van der Waals surface area contributed by atoms with E-state index < -0.39 is 0 Å². The highest BCUT2D eigenvalue weighted by molar-refractivity contribution is 6.35. The molecule has 0 bridgehead atoms. The molecule has 0 spiro atoms. The molecule has 0 heterocycles. The van der Waals surface area contributed by atoms with E-state index in [2.05, 4.69) is 37.5 Å². The molecule has 1 aromatic rings. The average molecular weight is 389 g/mol. The summed E-state index contributed by atoms with van der Waals surface area (Å²) in [5.74, 6) is -0.543. The monoisotopic (exact) mass is 388 g/mol. The molecule has 1 rings (SSSR count). The van der Waals surface area contributed by atoms with Crippen molar-refractivity contribution in [1.29, 1.82) is 0 Å². The molecule has 1 aromatic carbocycles. The molecule has 2 atom stereocenters. The number of benzene rings is 1. The van der Waals surface area contributed by atoms with E-state index in [0.717, 1.165) is 31.7 Å². The van der Waals surface area contributed by atoms with Crippen molar-refractivity contribution < 1.29 is 9.53 Å². The quantitative estimate of drug-likeness (QED) is 0.552. The summed E-state index contributed by atoms with van der Waals surface area (Å²) in [4.78, 5) is 17.2. The van der Waals surface area contributed by atoms with E-state index >= 15 is 0 Å². The van der Waals surface area contributed by atoms with Crippen LogP contribution < -0.4 is 0 Å². The number of nitrogens with zero attached hydrogens (tertiary/aromatic N) is 2. The SMILES string of the molecule is CCN(CC)C[C@H](C(=O)OC)[C@@H](c1ccc(Cl)cc1Cl)N(CC)CC. The number of carbonyl (C=O) groups excluding carboxylic acids is 1. The Labute approximate surface area is 162 Å². The first-order valence-corrected chi connectivity index (χ1v) is 9.68. The molecule has 0 unspecified atom stereocenters. The van der Waals surface area contributed by atoms with Gasteiger partial charge in [-0.2, -0.15) is 0 Å². The maximum absolute atomic E-state index is 12.7. The van der Waals surface area contributed by atoms with Crippen LogP contribution in [0.2, 0.25) is 10.0 Å². The molecule has 4 nitrogen and oxygen atoms in total. The lowest BCUT2D eigenvalue weighted by Gasteiger charge is -2.37. The first-order chi connectivity index (χ1) is 11.9. The Balaban J connectivity index is 3.40. The minimum absolute atomic E-state index is 0.159. The Morgan fingerprint density at radius 3 is 2.12 bits per heavy atom. The van der Waals surface area contributed by atoms with Crippen molar-refractivity contribution in [2.24, 2.45) is 5.92 Å². The van der Waals surface area contributed by atoms with Crippen LogP contribution in [0.4, 0.5) is 0 Å². The summed E-state index contributed by atoms with van der Waals surface area (Å²) in [6.45, 7) is 12.4. The highest BCUT2D eigenvalue weighted by Crippen LogP contribution is 2.36. The normalized spacial score (nSPS) is 14.0. The van der Waals surface area contributed by atoms with Gasteiger partial charge in [0, 0.05) is 16.6 Å². The van der Waals surface area contributed by atoms with E-state index in [-0.39, 0.29) is 17.9 Å². The van der Waals surface area contributed by atoms with Crippen molar-refractivity contribution in [3.05, 3.63) is 33.8 Å². The Bertz CT molecular complexity index is 546. The second-order valence-corrected chi connectivity index (χ2v) is 6.79. The maximum atomic E-state index is 12.7. The van der Waals surface area contributed by atoms with Crippen LogP contribution in [0.25, 0.3) is 0 Å². The van der Waals surface area contributed by atoms with Crippen LogP contribution >= 0.6 is 23.2 Å². The van der Waals surface area contributed by atoms with Gasteiger partial charge in [0.1, 0.15) is 0 Å². The van der Waals surface area contributed by atoms with Gasteiger partial charge in [-0.3, -0.25) is 9.69 Å². The van der Waals surface area contributed by atoms with Crippen LogP contribution in [0, 0.1) is 5.92 Å². The van der Waals surface area contributed by atoms with Crippen LogP contribution in [-0.2, 0) is 9.53 Å². The predicted octanol–water partition coefficient (Wildman–Crippen LogP) is 4.51. The van der Waals surface area contributed by atoms with Crippen LogP contribution in [0.15, 0.2) is 18.2 Å². The molecule has 0 radical (unpaired) electrons. The van der Waals surface area contributed by atoms with Gasteiger partial charge >= 0.3 is 5.97 Å². The van der Waals surface area contributed by atoms with Gasteiger partial charge in [-0.05, 0) is 43.9 Å². The third-order valence-corrected chi connectivity index (χ3v) is 5.28. The fourth-order valence-corrected chi connectivity index (χ4v) is 3.76. The Morgan fingerprint density at radius 1 is 1.08 bits per heavy atom. The molecule has 0 N–H and O–H groups in total. The van der Waals surface area contributed by atoms with Crippen molar-refractivity contribution in [1.82, 2.24) is 9.80 Å². The Hall–Kier alpha value is -0.810. The molecular formula is C19H30Cl2N2O2. The molecule has 0 saturated heterocycles. The molecule has 0 fully saturated rings. The number of hydrogen-bond donors (Lipinski definition) is 0. The molecule has 0 aromatic heterocycles. The zero-order valence-electron chi connectivity index (χ0n) is 15.9. The van der Waals surface area contributed by atoms with Crippen LogP contribution in [0.5, 0.6) is 0 Å². The van der Waals surface area contributed by atoms with Gasteiger partial charge in [0.05, 0.1) is 19.1 Å². The number of esters is 1. The van der Waals surface area contributed by atoms with E-state index in [4.69, 9.17) is 27.9 Å². The lowest BCUT2D eigenvalue weighted by atomic mass is 9.90. The van der Waals surface area contributed by atoms with E-state index in [0.29, 0.717) is 16.6 Å². The van der Waals surface area contributed by atoms with Gasteiger partial charge in [0.15, 0.2) is 0 Å². The van der Waals surface area contributed by atoms with Gasteiger partial charge in [0.2, 0.25) is 0 Å². The molecule has 0 aliphatic rings. The fourth-order valence-electron chi connectivity index (χ4n) is 3.24. The van der Waals surface area contributed by atoms with Crippen molar-refractivity contribution in [3.8, 4) is 0 Å². The van der Waals surface area contributed by atoms with Gasteiger partial charge in [0.25, 0.3) is 0 Å². The number of methoxy groups -OCH3 is 1. The largest absolute Gasteiger partial charge is 0.469 e. The molecule has 0 aliphatic carbocycles. The minimum atomic E-state index is -0.330. The van der Waals surface area contributed by atoms with Crippen LogP contribution in [-0.4, -0.2) is 55.6 Å².